The highest BCUT2D eigenvalue weighted by atomic mass is 35.5. The molecule has 3 rings (SSSR count). The molecule has 3 atom stereocenters. The van der Waals surface area contributed by atoms with Gasteiger partial charge in [-0.3, -0.25) is 9.59 Å². The van der Waals surface area contributed by atoms with Crippen molar-refractivity contribution in [3.63, 3.8) is 0 Å². The van der Waals surface area contributed by atoms with E-state index in [0.29, 0.717) is 30.1 Å². The molecule has 1 fully saturated rings. The summed E-state index contributed by atoms with van der Waals surface area (Å²) in [4.78, 5) is 39.2. The van der Waals surface area contributed by atoms with Crippen molar-refractivity contribution in [2.45, 2.75) is 52.7 Å². The van der Waals surface area contributed by atoms with Crippen LogP contribution in [0.3, 0.4) is 0 Å². The molecule has 2 aromatic rings. The highest BCUT2D eigenvalue weighted by molar-refractivity contribution is 6.30. The Morgan fingerprint density at radius 3 is 2.29 bits per heavy atom. The molecule has 0 aliphatic carbocycles. The van der Waals surface area contributed by atoms with E-state index in [2.05, 4.69) is 5.32 Å². The number of amides is 2. The number of carbonyl (C=O) groups excluding carboxylic acids is 2. The summed E-state index contributed by atoms with van der Waals surface area (Å²) in [5.41, 5.74) is -0.0888. The van der Waals surface area contributed by atoms with Crippen molar-refractivity contribution in [1.82, 2.24) is 10.2 Å². The average molecular weight is 501 g/mol. The molecule has 0 radical (unpaired) electrons. The second-order valence-electron chi connectivity index (χ2n) is 10.1. The zero-order valence-electron chi connectivity index (χ0n) is 20.8. The number of nitrogens with zero attached hydrogens (tertiary/aromatic N) is 1. The number of benzene rings is 2. The predicted molar refractivity (Wildman–Crippen MR) is 135 cm³/mol. The largest absolute Gasteiger partial charge is 0.478 e. The highest BCUT2D eigenvalue weighted by Gasteiger charge is 2.50. The molecule has 1 unspecified atom stereocenters. The topological polar surface area (TPSA) is 107 Å². The number of carbonyl (C=O) groups is 3. The third-order valence-electron chi connectivity index (χ3n) is 7.31. The van der Waals surface area contributed by atoms with Gasteiger partial charge >= 0.3 is 5.97 Å². The van der Waals surface area contributed by atoms with Crippen molar-refractivity contribution in [2.24, 2.45) is 11.3 Å². The summed E-state index contributed by atoms with van der Waals surface area (Å²) in [5, 5.41) is 24.3. The van der Waals surface area contributed by atoms with Crippen LogP contribution in [0.5, 0.6) is 0 Å². The molecule has 1 heterocycles. The Balaban J connectivity index is 1.68. The molecule has 3 N–H and O–H groups in total. The van der Waals surface area contributed by atoms with E-state index in [0.717, 1.165) is 5.56 Å². The van der Waals surface area contributed by atoms with Crippen molar-refractivity contribution in [3.8, 4) is 0 Å². The standard InChI is InChI=1S/C27H33ClN2O5/c1-16-6-7-19(14-22(16)25(33)34)23(31)29-18(3)17(2)24(32)30-13-12-27(35,26(4,5)15-30)20-8-10-21(28)11-9-20/h6-11,14,17-18,35H,12-13,15H2,1-5H3,(H,29,31)(H,33,34)/t17-,18?,27+/m1/s1. The summed E-state index contributed by atoms with van der Waals surface area (Å²) in [6.07, 6.45) is 0.377. The number of piperidine rings is 1. The number of aromatic carboxylic acids is 1. The SMILES string of the molecule is Cc1ccc(C(=O)NC(C)[C@@H](C)C(=O)N2CC[C@](O)(c3ccc(Cl)cc3)C(C)(C)C2)cc1C(=O)O. The first kappa shape index (κ1) is 26.7. The minimum absolute atomic E-state index is 0.0677. The minimum atomic E-state index is -1.11. The number of rotatable bonds is 6. The van der Waals surface area contributed by atoms with Crippen LogP contribution in [0.2, 0.25) is 5.02 Å². The molecule has 0 spiro atoms. The van der Waals surface area contributed by atoms with Gasteiger partial charge in [0.05, 0.1) is 17.1 Å². The summed E-state index contributed by atoms with van der Waals surface area (Å²) in [6, 6.07) is 11.2. The Morgan fingerprint density at radius 1 is 1.09 bits per heavy atom. The van der Waals surface area contributed by atoms with Crippen molar-refractivity contribution in [3.05, 3.63) is 69.7 Å². The first-order valence-electron chi connectivity index (χ1n) is 11.7. The average Bonchev–Trinajstić information content (AvgIpc) is 2.80. The maximum atomic E-state index is 13.3. The van der Waals surface area contributed by atoms with Crippen LogP contribution in [0, 0.1) is 18.3 Å². The first-order valence-corrected chi connectivity index (χ1v) is 12.1. The number of hydrogen-bond donors (Lipinski definition) is 3. The molecule has 35 heavy (non-hydrogen) atoms. The van der Waals surface area contributed by atoms with Crippen LogP contribution in [0.25, 0.3) is 0 Å². The Bertz CT molecular complexity index is 1130. The zero-order chi connectivity index (χ0) is 26.1. The van der Waals surface area contributed by atoms with E-state index >= 15 is 0 Å². The molecular formula is C27H33ClN2O5. The van der Waals surface area contributed by atoms with E-state index in [4.69, 9.17) is 11.6 Å². The number of hydrogen-bond acceptors (Lipinski definition) is 4. The third-order valence-corrected chi connectivity index (χ3v) is 7.56. The van der Waals surface area contributed by atoms with E-state index in [-0.39, 0.29) is 17.0 Å². The first-order chi connectivity index (χ1) is 16.3. The number of carboxylic acid groups (broad SMARTS) is 1. The van der Waals surface area contributed by atoms with E-state index in [1.807, 2.05) is 26.0 Å². The number of aliphatic hydroxyl groups is 1. The number of aryl methyl sites for hydroxylation is 1. The van der Waals surface area contributed by atoms with Gasteiger partial charge in [-0.25, -0.2) is 4.79 Å². The number of likely N-dealkylation sites (tertiary alicyclic amines) is 1. The van der Waals surface area contributed by atoms with Gasteiger partial charge in [0.25, 0.3) is 5.91 Å². The van der Waals surface area contributed by atoms with E-state index in [9.17, 15) is 24.6 Å². The molecular weight excluding hydrogens is 468 g/mol. The molecule has 2 aromatic carbocycles. The fourth-order valence-electron chi connectivity index (χ4n) is 4.68. The summed E-state index contributed by atoms with van der Waals surface area (Å²) in [5.74, 6) is -2.16. The van der Waals surface area contributed by atoms with E-state index < -0.39 is 34.9 Å². The number of carboxylic acids is 1. The van der Waals surface area contributed by atoms with Crippen LogP contribution >= 0.6 is 11.6 Å². The summed E-state index contributed by atoms with van der Waals surface area (Å²) in [6.45, 7) is 9.80. The minimum Gasteiger partial charge on any atom is -0.478 e. The lowest BCUT2D eigenvalue weighted by molar-refractivity contribution is -0.156. The Kier molecular flexibility index (Phi) is 7.62. The zero-order valence-corrected chi connectivity index (χ0v) is 21.5. The molecule has 7 nitrogen and oxygen atoms in total. The van der Waals surface area contributed by atoms with Crippen molar-refractivity contribution in [2.75, 3.05) is 13.1 Å². The second-order valence-corrected chi connectivity index (χ2v) is 10.6. The normalized spacial score (nSPS) is 21.2. The van der Waals surface area contributed by atoms with Crippen LogP contribution in [0.15, 0.2) is 42.5 Å². The molecule has 2 amide bonds. The van der Waals surface area contributed by atoms with Gasteiger partial charge in [0.1, 0.15) is 0 Å². The van der Waals surface area contributed by atoms with Gasteiger partial charge in [-0.15, -0.1) is 0 Å². The van der Waals surface area contributed by atoms with Crippen LogP contribution < -0.4 is 5.32 Å². The van der Waals surface area contributed by atoms with Gasteiger partial charge < -0.3 is 20.4 Å². The summed E-state index contributed by atoms with van der Waals surface area (Å²) >= 11 is 6.01. The lowest BCUT2D eigenvalue weighted by Crippen LogP contribution is -2.58. The fourth-order valence-corrected chi connectivity index (χ4v) is 4.81. The lowest BCUT2D eigenvalue weighted by atomic mass is 9.66. The van der Waals surface area contributed by atoms with Crippen LogP contribution in [0.1, 0.15) is 66.0 Å². The van der Waals surface area contributed by atoms with Crippen molar-refractivity contribution >= 4 is 29.4 Å². The predicted octanol–water partition coefficient (Wildman–Crippen LogP) is 4.25. The smallest absolute Gasteiger partial charge is 0.335 e. The van der Waals surface area contributed by atoms with E-state index in [1.54, 1.807) is 49.9 Å². The highest BCUT2D eigenvalue weighted by Crippen LogP contribution is 2.46. The quantitative estimate of drug-likeness (QED) is 0.549. The number of halogens is 1. The van der Waals surface area contributed by atoms with E-state index in [1.165, 1.54) is 6.07 Å². The molecule has 1 aliphatic rings. The molecule has 0 saturated carbocycles. The monoisotopic (exact) mass is 500 g/mol. The summed E-state index contributed by atoms with van der Waals surface area (Å²) in [7, 11) is 0. The van der Waals surface area contributed by atoms with Gasteiger partial charge in [-0.05, 0) is 55.7 Å². The Morgan fingerprint density at radius 2 is 1.71 bits per heavy atom. The van der Waals surface area contributed by atoms with Crippen LogP contribution in [-0.4, -0.2) is 52.0 Å². The fraction of sp³-hybridized carbons (Fsp3) is 0.444. The molecule has 0 aromatic heterocycles. The lowest BCUT2D eigenvalue weighted by Gasteiger charge is -2.51. The van der Waals surface area contributed by atoms with Crippen LogP contribution in [0.4, 0.5) is 0 Å². The molecule has 0 bridgehead atoms. The Labute approximate surface area is 211 Å². The molecule has 188 valence electrons. The van der Waals surface area contributed by atoms with Crippen LogP contribution in [-0.2, 0) is 10.4 Å². The van der Waals surface area contributed by atoms with Crippen molar-refractivity contribution in [1.29, 1.82) is 0 Å². The van der Waals surface area contributed by atoms with Gasteiger partial charge in [-0.1, -0.05) is 50.6 Å². The maximum absolute atomic E-state index is 13.3. The molecule has 1 aliphatic heterocycles. The van der Waals surface area contributed by atoms with Gasteiger partial charge in [-0.2, -0.15) is 0 Å². The van der Waals surface area contributed by atoms with Gasteiger partial charge in [0.15, 0.2) is 0 Å². The maximum Gasteiger partial charge on any atom is 0.335 e. The molecule has 8 heteroatoms. The third kappa shape index (κ3) is 5.36. The Hall–Kier alpha value is -2.90. The molecule has 1 saturated heterocycles. The van der Waals surface area contributed by atoms with Gasteiger partial charge in [0.2, 0.25) is 5.91 Å². The number of nitrogens with one attached hydrogen (secondary N) is 1. The van der Waals surface area contributed by atoms with Gasteiger partial charge in [0, 0.05) is 35.1 Å². The second kappa shape index (κ2) is 9.99. The summed E-state index contributed by atoms with van der Waals surface area (Å²) < 4.78 is 0. The van der Waals surface area contributed by atoms with Crippen molar-refractivity contribution < 1.29 is 24.6 Å².